The molecule has 8 atom stereocenters. The monoisotopic (exact) mass is 546 g/mol. The van der Waals surface area contributed by atoms with E-state index in [2.05, 4.69) is 44.7 Å². The first-order valence-corrected chi connectivity index (χ1v) is 15.9. The van der Waals surface area contributed by atoms with Crippen LogP contribution in [0.1, 0.15) is 106 Å². The normalized spacial score (nSPS) is 37.2. The molecule has 0 spiro atoms. The van der Waals surface area contributed by atoms with Crippen molar-refractivity contribution in [2.24, 2.45) is 28.6 Å². The lowest BCUT2D eigenvalue weighted by Crippen LogP contribution is -2.54. The standard InChI is InChI=1S/C32H50O5S/c1-20(38-17-9-8-15-30(4,5)35)26-12-13-27-25-11-10-23-18-24(36-21(2)33)19-29(37-22(3)34)32(23,7)28(25)14-16-31(26,27)6/h10-11,20,24,26-29,35H,8-9,12-19H2,1-7H3/t20-,24-,26-,27+,28+,29+,31-,32+/m1/s1. The van der Waals surface area contributed by atoms with E-state index in [1.54, 1.807) is 5.57 Å². The quantitative estimate of drug-likeness (QED) is 0.247. The van der Waals surface area contributed by atoms with Crippen LogP contribution in [0.2, 0.25) is 0 Å². The van der Waals surface area contributed by atoms with E-state index in [-0.39, 0.29) is 29.6 Å². The molecule has 5 nitrogen and oxygen atoms in total. The molecular formula is C32H50O5S. The molecule has 214 valence electrons. The van der Waals surface area contributed by atoms with Gasteiger partial charge in [0.05, 0.1) is 5.60 Å². The maximum atomic E-state index is 12.2. The Bertz CT molecular complexity index is 963. The van der Waals surface area contributed by atoms with E-state index in [1.807, 2.05) is 13.8 Å². The number of thioether (sulfide) groups is 1. The molecule has 0 bridgehead atoms. The van der Waals surface area contributed by atoms with Crippen molar-refractivity contribution >= 4 is 23.7 Å². The number of unbranched alkanes of at least 4 members (excludes halogenated alkanes) is 1. The van der Waals surface area contributed by atoms with Gasteiger partial charge in [-0.05, 0) is 87.7 Å². The summed E-state index contributed by atoms with van der Waals surface area (Å²) >= 11 is 2.13. The molecule has 1 N–H and O–H groups in total. The summed E-state index contributed by atoms with van der Waals surface area (Å²) in [4.78, 5) is 23.9. The summed E-state index contributed by atoms with van der Waals surface area (Å²) in [5.74, 6) is 2.27. The molecular weight excluding hydrogens is 496 g/mol. The Balaban J connectivity index is 1.50. The van der Waals surface area contributed by atoms with Crippen molar-refractivity contribution < 1.29 is 24.2 Å². The number of ether oxygens (including phenoxy) is 2. The van der Waals surface area contributed by atoms with E-state index in [0.29, 0.717) is 34.8 Å². The van der Waals surface area contributed by atoms with E-state index >= 15 is 0 Å². The zero-order valence-electron chi connectivity index (χ0n) is 24.7. The number of fused-ring (bicyclic) bond motifs is 5. The number of hydrogen-bond donors (Lipinski definition) is 1. The fraction of sp³-hybridized carbons (Fsp3) is 0.812. The molecule has 0 aromatic carbocycles. The van der Waals surface area contributed by atoms with Crippen molar-refractivity contribution in [3.63, 3.8) is 0 Å². The number of allylic oxidation sites excluding steroid dienone is 3. The lowest BCUT2D eigenvalue weighted by Gasteiger charge is -2.57. The second kappa shape index (κ2) is 11.3. The molecule has 38 heavy (non-hydrogen) atoms. The maximum absolute atomic E-state index is 12.2. The Morgan fingerprint density at radius 3 is 2.45 bits per heavy atom. The van der Waals surface area contributed by atoms with Gasteiger partial charge < -0.3 is 14.6 Å². The van der Waals surface area contributed by atoms with Gasteiger partial charge in [-0.25, -0.2) is 0 Å². The summed E-state index contributed by atoms with van der Waals surface area (Å²) < 4.78 is 11.6. The van der Waals surface area contributed by atoms with Crippen molar-refractivity contribution in [1.82, 2.24) is 0 Å². The molecule has 0 saturated heterocycles. The van der Waals surface area contributed by atoms with Crippen molar-refractivity contribution in [2.75, 3.05) is 5.75 Å². The molecule has 4 rings (SSSR count). The third-order valence-electron chi connectivity index (χ3n) is 10.4. The summed E-state index contributed by atoms with van der Waals surface area (Å²) in [6, 6.07) is 0. The van der Waals surface area contributed by atoms with Gasteiger partial charge in [0.25, 0.3) is 0 Å². The minimum Gasteiger partial charge on any atom is -0.462 e. The van der Waals surface area contributed by atoms with Crippen molar-refractivity contribution in [2.45, 2.75) is 129 Å². The highest BCUT2D eigenvalue weighted by Gasteiger charge is 2.60. The lowest BCUT2D eigenvalue weighted by atomic mass is 9.49. The first-order chi connectivity index (χ1) is 17.8. The van der Waals surface area contributed by atoms with Gasteiger partial charge in [-0.2, -0.15) is 11.8 Å². The van der Waals surface area contributed by atoms with Crippen LogP contribution in [0.15, 0.2) is 23.3 Å². The fourth-order valence-corrected chi connectivity index (χ4v) is 9.98. The fourth-order valence-electron chi connectivity index (χ4n) is 8.56. The number of carbonyl (C=O) groups excluding carboxylic acids is 2. The van der Waals surface area contributed by atoms with Crippen molar-refractivity contribution in [3.05, 3.63) is 23.3 Å². The summed E-state index contributed by atoms with van der Waals surface area (Å²) in [7, 11) is 0. The largest absolute Gasteiger partial charge is 0.462 e. The number of aliphatic hydroxyl groups is 1. The Morgan fingerprint density at radius 2 is 1.79 bits per heavy atom. The highest BCUT2D eigenvalue weighted by Crippen LogP contribution is 2.66. The van der Waals surface area contributed by atoms with E-state index in [9.17, 15) is 14.7 Å². The Kier molecular flexibility index (Phi) is 8.84. The van der Waals surface area contributed by atoms with Gasteiger partial charge in [0.15, 0.2) is 0 Å². The first kappa shape index (κ1) is 29.7. The van der Waals surface area contributed by atoms with Crippen molar-refractivity contribution in [3.8, 4) is 0 Å². The Labute approximate surface area is 234 Å². The minimum absolute atomic E-state index is 0.239. The molecule has 0 unspecified atom stereocenters. The van der Waals surface area contributed by atoms with Crippen LogP contribution in [-0.4, -0.2) is 45.9 Å². The van der Waals surface area contributed by atoms with Crippen molar-refractivity contribution in [1.29, 1.82) is 0 Å². The van der Waals surface area contributed by atoms with Gasteiger partial charge in [0, 0.05) is 37.4 Å². The van der Waals surface area contributed by atoms with Crippen LogP contribution in [0, 0.1) is 28.6 Å². The van der Waals surface area contributed by atoms with E-state index in [0.717, 1.165) is 37.9 Å². The number of esters is 2. The minimum atomic E-state index is -0.562. The number of rotatable bonds is 9. The van der Waals surface area contributed by atoms with Crippen LogP contribution >= 0.6 is 11.8 Å². The average molecular weight is 547 g/mol. The van der Waals surface area contributed by atoms with Gasteiger partial charge in [-0.3, -0.25) is 9.59 Å². The maximum Gasteiger partial charge on any atom is 0.302 e. The zero-order valence-corrected chi connectivity index (χ0v) is 25.5. The molecule has 0 heterocycles. The van der Waals surface area contributed by atoms with Gasteiger partial charge in [-0.15, -0.1) is 0 Å². The molecule has 3 fully saturated rings. The van der Waals surface area contributed by atoms with Crippen LogP contribution in [0.25, 0.3) is 0 Å². The van der Waals surface area contributed by atoms with Crippen LogP contribution in [-0.2, 0) is 19.1 Å². The number of hydrogen-bond acceptors (Lipinski definition) is 6. The molecule has 0 amide bonds. The first-order valence-electron chi connectivity index (χ1n) is 14.8. The second-order valence-corrected chi connectivity index (χ2v) is 15.1. The molecule has 0 aliphatic heterocycles. The molecule has 4 aliphatic carbocycles. The Morgan fingerprint density at radius 1 is 1.08 bits per heavy atom. The summed E-state index contributed by atoms with van der Waals surface area (Å²) in [5, 5.41) is 10.6. The van der Waals surface area contributed by atoms with Gasteiger partial charge in [0.1, 0.15) is 12.2 Å². The van der Waals surface area contributed by atoms with Crippen LogP contribution < -0.4 is 0 Å². The highest BCUT2D eigenvalue weighted by molar-refractivity contribution is 7.99. The predicted octanol–water partition coefficient (Wildman–Crippen LogP) is 7.02. The molecule has 4 aliphatic rings. The van der Waals surface area contributed by atoms with Crippen LogP contribution in [0.5, 0.6) is 0 Å². The third kappa shape index (κ3) is 5.92. The summed E-state index contributed by atoms with van der Waals surface area (Å²) in [5.41, 5.74) is 2.33. The smallest absolute Gasteiger partial charge is 0.302 e. The van der Waals surface area contributed by atoms with Crippen LogP contribution in [0.3, 0.4) is 0 Å². The van der Waals surface area contributed by atoms with Crippen LogP contribution in [0.4, 0.5) is 0 Å². The SMILES string of the molecule is CC(=O)O[C@@H]1CC2=CC=C3[C@@H]4CC[C@H]([C@@H](C)SCCCCC(C)(C)O)[C@@]4(C)CC[C@@H]3[C@@]2(C)[C@@H](OC(C)=O)C1. The summed E-state index contributed by atoms with van der Waals surface area (Å²) in [6.07, 6.45) is 13.4. The van der Waals surface area contributed by atoms with Gasteiger partial charge in [0.2, 0.25) is 0 Å². The van der Waals surface area contributed by atoms with Gasteiger partial charge in [-0.1, -0.05) is 44.1 Å². The van der Waals surface area contributed by atoms with E-state index in [1.165, 1.54) is 38.7 Å². The molecule has 0 aromatic heterocycles. The van der Waals surface area contributed by atoms with E-state index < -0.39 is 5.60 Å². The van der Waals surface area contributed by atoms with E-state index in [4.69, 9.17) is 9.47 Å². The molecule has 0 aromatic rings. The Hall–Kier alpha value is -1.27. The molecule has 0 radical (unpaired) electrons. The predicted molar refractivity (Wildman–Crippen MR) is 154 cm³/mol. The second-order valence-electron chi connectivity index (χ2n) is 13.6. The lowest BCUT2D eigenvalue weighted by molar-refractivity contribution is -0.165. The topological polar surface area (TPSA) is 72.8 Å². The average Bonchev–Trinajstić information content (AvgIpc) is 3.15. The third-order valence-corrected chi connectivity index (χ3v) is 11.8. The van der Waals surface area contributed by atoms with Gasteiger partial charge >= 0.3 is 11.9 Å². The highest BCUT2D eigenvalue weighted by atomic mass is 32.2. The molecule has 3 saturated carbocycles. The number of carbonyl (C=O) groups is 2. The summed E-state index contributed by atoms with van der Waals surface area (Å²) in [6.45, 7) is 14.0. The zero-order chi connectivity index (χ0) is 27.9. The molecule has 6 heteroatoms.